The first-order valence-corrected chi connectivity index (χ1v) is 12.4. The summed E-state index contributed by atoms with van der Waals surface area (Å²) >= 11 is 0. The van der Waals surface area contributed by atoms with Gasteiger partial charge in [0.2, 0.25) is 11.8 Å². The second kappa shape index (κ2) is 12.9. The maximum Gasteiger partial charge on any atom is 0.333 e. The van der Waals surface area contributed by atoms with E-state index < -0.39 is 28.9 Å². The van der Waals surface area contributed by atoms with Crippen LogP contribution in [0.1, 0.15) is 67.4 Å². The zero-order valence-electron chi connectivity index (χ0n) is 23.2. The van der Waals surface area contributed by atoms with E-state index in [0.717, 1.165) is 5.56 Å². The van der Waals surface area contributed by atoms with Gasteiger partial charge in [-0.25, -0.2) is 4.79 Å². The molecule has 0 saturated heterocycles. The molecule has 0 aliphatic carbocycles. The number of ether oxygens (including phenoxy) is 1. The Labute approximate surface area is 211 Å². The van der Waals surface area contributed by atoms with Crippen molar-refractivity contribution in [2.75, 3.05) is 20.7 Å². The molecule has 2 N–H and O–H groups in total. The van der Waals surface area contributed by atoms with E-state index in [0.29, 0.717) is 18.6 Å². The highest BCUT2D eigenvalue weighted by Crippen LogP contribution is 2.28. The van der Waals surface area contributed by atoms with Crippen LogP contribution >= 0.6 is 0 Å². The van der Waals surface area contributed by atoms with E-state index in [1.54, 1.807) is 38.9 Å². The van der Waals surface area contributed by atoms with E-state index in [1.165, 1.54) is 0 Å². The Bertz CT molecular complexity index is 887. The normalized spacial score (nSPS) is 15.1. The van der Waals surface area contributed by atoms with Gasteiger partial charge in [0.1, 0.15) is 6.04 Å². The van der Waals surface area contributed by atoms with Gasteiger partial charge >= 0.3 is 5.97 Å². The Morgan fingerprint density at radius 2 is 1.60 bits per heavy atom. The van der Waals surface area contributed by atoms with Crippen molar-refractivity contribution in [3.8, 4) is 0 Å². The summed E-state index contributed by atoms with van der Waals surface area (Å²) in [6, 6.07) is 8.23. The van der Waals surface area contributed by atoms with E-state index in [-0.39, 0.29) is 17.9 Å². The van der Waals surface area contributed by atoms with Crippen molar-refractivity contribution in [1.29, 1.82) is 0 Å². The van der Waals surface area contributed by atoms with Crippen molar-refractivity contribution in [3.05, 3.63) is 47.5 Å². The predicted octanol–water partition coefficient (Wildman–Crippen LogP) is 3.83. The van der Waals surface area contributed by atoms with Crippen LogP contribution < -0.4 is 10.6 Å². The summed E-state index contributed by atoms with van der Waals surface area (Å²) in [6.45, 7) is 15.5. The molecule has 0 spiro atoms. The van der Waals surface area contributed by atoms with Gasteiger partial charge in [-0.15, -0.1) is 0 Å². The molecule has 35 heavy (non-hydrogen) atoms. The fourth-order valence-corrected chi connectivity index (χ4v) is 4.20. The van der Waals surface area contributed by atoms with Crippen LogP contribution in [0.25, 0.3) is 0 Å². The number of rotatable bonds is 11. The second-order valence-electron chi connectivity index (χ2n) is 10.6. The number of hydrogen-bond acceptors (Lipinski definition) is 5. The molecule has 1 aromatic carbocycles. The zero-order chi connectivity index (χ0) is 27.0. The van der Waals surface area contributed by atoms with Crippen LogP contribution in [-0.2, 0) is 24.5 Å². The summed E-state index contributed by atoms with van der Waals surface area (Å²) in [6.07, 6.45) is 2.37. The smallest absolute Gasteiger partial charge is 0.333 e. The summed E-state index contributed by atoms with van der Waals surface area (Å²) in [5.74, 6) is -0.847. The van der Waals surface area contributed by atoms with Gasteiger partial charge in [-0.2, -0.15) is 0 Å². The first kappa shape index (κ1) is 30.4. The largest absolute Gasteiger partial charge is 0.463 e. The second-order valence-corrected chi connectivity index (χ2v) is 10.6. The third kappa shape index (κ3) is 7.92. The maximum atomic E-state index is 13.7. The first-order valence-electron chi connectivity index (χ1n) is 12.4. The van der Waals surface area contributed by atoms with Crippen molar-refractivity contribution in [3.63, 3.8) is 0 Å². The van der Waals surface area contributed by atoms with Crippen molar-refractivity contribution >= 4 is 17.8 Å². The van der Waals surface area contributed by atoms with Crippen LogP contribution in [0.3, 0.4) is 0 Å². The molecule has 0 bridgehead atoms. The lowest BCUT2D eigenvalue weighted by Gasteiger charge is -2.39. The summed E-state index contributed by atoms with van der Waals surface area (Å²) in [5, 5.41) is 6.19. The molecule has 0 aliphatic heterocycles. The molecule has 196 valence electrons. The molecule has 0 heterocycles. The molecule has 0 saturated carbocycles. The Morgan fingerprint density at radius 3 is 2.06 bits per heavy atom. The topological polar surface area (TPSA) is 87.7 Å². The van der Waals surface area contributed by atoms with Gasteiger partial charge in [0.15, 0.2) is 0 Å². The van der Waals surface area contributed by atoms with E-state index in [4.69, 9.17) is 4.74 Å². The number of amides is 2. The molecular formula is C28H45N3O4. The Morgan fingerprint density at radius 1 is 1.03 bits per heavy atom. The van der Waals surface area contributed by atoms with Gasteiger partial charge in [0.05, 0.1) is 18.7 Å². The highest BCUT2D eigenvalue weighted by atomic mass is 16.5. The van der Waals surface area contributed by atoms with Crippen molar-refractivity contribution in [2.24, 2.45) is 5.41 Å². The number of hydrogen-bond donors (Lipinski definition) is 2. The third-order valence-corrected chi connectivity index (χ3v) is 6.49. The quantitative estimate of drug-likeness (QED) is 0.366. The Hall–Kier alpha value is -2.67. The maximum absolute atomic E-state index is 13.7. The summed E-state index contributed by atoms with van der Waals surface area (Å²) in [5.41, 5.74) is 0.433. The molecule has 1 rings (SSSR count). The van der Waals surface area contributed by atoms with Crippen LogP contribution in [0, 0.1) is 5.41 Å². The lowest BCUT2D eigenvalue weighted by molar-refractivity contribution is -0.140. The summed E-state index contributed by atoms with van der Waals surface area (Å²) in [4.78, 5) is 40.9. The minimum absolute atomic E-state index is 0.210. The number of nitrogens with zero attached hydrogens (tertiary/aromatic N) is 1. The molecule has 2 unspecified atom stereocenters. The van der Waals surface area contributed by atoms with Gasteiger partial charge in [-0.3, -0.25) is 9.59 Å². The summed E-state index contributed by atoms with van der Waals surface area (Å²) < 4.78 is 5.08. The molecule has 3 atom stereocenters. The predicted molar refractivity (Wildman–Crippen MR) is 141 cm³/mol. The van der Waals surface area contributed by atoms with Gasteiger partial charge in [-0.05, 0) is 38.3 Å². The number of esters is 1. The molecule has 7 heteroatoms. The minimum atomic E-state index is -0.757. The number of benzene rings is 1. The zero-order valence-corrected chi connectivity index (χ0v) is 23.2. The van der Waals surface area contributed by atoms with Gasteiger partial charge in [0.25, 0.3) is 0 Å². The third-order valence-electron chi connectivity index (χ3n) is 6.49. The molecule has 0 aliphatic rings. The molecule has 1 aromatic rings. The van der Waals surface area contributed by atoms with Gasteiger partial charge in [-0.1, -0.05) is 78.0 Å². The number of carbonyl (C=O) groups is 3. The standard InChI is InChI=1S/C28H45N3O4/c1-11-21(18-19(3)26(34)35-12-2)31(10)25(33)23(27(4,5)6)30-24(32)22(29-9)28(7,8)20-16-14-13-15-17-20/h13-18,21-23,29H,11-12H2,1-10H3,(H,30,32)/b19-18+/t21?,22-,23?/m1/s1. The molecule has 7 nitrogen and oxygen atoms in total. The average Bonchev–Trinajstić information content (AvgIpc) is 2.80. The molecule has 0 radical (unpaired) electrons. The molecular weight excluding hydrogens is 442 g/mol. The van der Waals surface area contributed by atoms with Gasteiger partial charge < -0.3 is 20.3 Å². The van der Waals surface area contributed by atoms with Crippen LogP contribution in [0.2, 0.25) is 0 Å². The van der Waals surface area contributed by atoms with Crippen LogP contribution in [0.15, 0.2) is 42.0 Å². The minimum Gasteiger partial charge on any atom is -0.463 e. The monoisotopic (exact) mass is 487 g/mol. The van der Waals surface area contributed by atoms with E-state index >= 15 is 0 Å². The van der Waals surface area contributed by atoms with Crippen molar-refractivity contribution in [2.45, 2.75) is 85.4 Å². The number of likely N-dealkylation sites (N-methyl/N-ethyl adjacent to an activating group) is 2. The Kier molecular flexibility index (Phi) is 11.2. The number of nitrogens with one attached hydrogen (secondary N) is 2. The molecule has 2 amide bonds. The number of carbonyl (C=O) groups excluding carboxylic acids is 3. The average molecular weight is 488 g/mol. The first-order chi connectivity index (χ1) is 16.2. The van der Waals surface area contributed by atoms with E-state index in [1.807, 2.05) is 71.9 Å². The molecule has 0 aromatic heterocycles. The van der Waals surface area contributed by atoms with Crippen LogP contribution in [-0.4, -0.2) is 61.5 Å². The van der Waals surface area contributed by atoms with Crippen LogP contribution in [0.5, 0.6) is 0 Å². The van der Waals surface area contributed by atoms with E-state index in [9.17, 15) is 14.4 Å². The van der Waals surface area contributed by atoms with Crippen LogP contribution in [0.4, 0.5) is 0 Å². The Balaban J connectivity index is 3.21. The van der Waals surface area contributed by atoms with Crippen molar-refractivity contribution < 1.29 is 19.1 Å². The van der Waals surface area contributed by atoms with E-state index in [2.05, 4.69) is 10.6 Å². The SMILES string of the molecule is CCOC(=O)/C(C)=C/C(CC)N(C)C(=O)C(NC(=O)[C@@H](NC)C(C)(C)c1ccccc1)C(C)(C)C. The van der Waals surface area contributed by atoms with Gasteiger partial charge in [0, 0.05) is 18.0 Å². The highest BCUT2D eigenvalue weighted by molar-refractivity contribution is 5.92. The fourth-order valence-electron chi connectivity index (χ4n) is 4.20. The lowest BCUT2D eigenvalue weighted by Crippen LogP contribution is -2.61. The molecule has 0 fully saturated rings. The lowest BCUT2D eigenvalue weighted by atomic mass is 9.76. The fraction of sp³-hybridized carbons (Fsp3) is 0.607. The highest BCUT2D eigenvalue weighted by Gasteiger charge is 2.41. The summed E-state index contributed by atoms with van der Waals surface area (Å²) in [7, 11) is 3.46. The van der Waals surface area contributed by atoms with Crippen molar-refractivity contribution in [1.82, 2.24) is 15.5 Å².